The van der Waals surface area contributed by atoms with Crippen LogP contribution in [0.2, 0.25) is 5.02 Å². The zero-order valence-corrected chi connectivity index (χ0v) is 19.4. The number of phenolic OH excluding ortho intramolecular Hbond substituents is 1. The van der Waals surface area contributed by atoms with E-state index in [4.69, 9.17) is 20.8 Å². The molecule has 1 atom stereocenters. The molecule has 2 aromatic heterocycles. The number of carbonyl (C=O) groups is 1. The third-order valence-corrected chi connectivity index (χ3v) is 6.16. The summed E-state index contributed by atoms with van der Waals surface area (Å²) in [7, 11) is 0. The monoisotopic (exact) mass is 477 g/mol. The quantitative estimate of drug-likeness (QED) is 0.306. The Labute approximate surface area is 201 Å². The minimum Gasteiger partial charge on any atom is -0.507 e. The molecule has 3 heterocycles. The van der Waals surface area contributed by atoms with E-state index in [0.717, 1.165) is 24.2 Å². The van der Waals surface area contributed by atoms with Crippen LogP contribution in [0.15, 0.2) is 65.3 Å². The Morgan fingerprint density at radius 2 is 2.09 bits per heavy atom. The number of hydrogen-bond donors (Lipinski definition) is 2. The molecule has 0 fully saturated rings. The summed E-state index contributed by atoms with van der Waals surface area (Å²) in [5.41, 5.74) is 2.87. The fraction of sp³-hybridized carbons (Fsp3) is 0.231. The number of aromatic hydroxyl groups is 1. The number of furan rings is 1. The molecule has 1 unspecified atom stereocenters. The van der Waals surface area contributed by atoms with Crippen molar-refractivity contribution in [1.82, 2.24) is 15.1 Å². The molecule has 7 nitrogen and oxygen atoms in total. The van der Waals surface area contributed by atoms with Gasteiger partial charge in [0, 0.05) is 16.1 Å². The molecule has 1 aliphatic heterocycles. The highest BCUT2D eigenvalue weighted by atomic mass is 35.5. The van der Waals surface area contributed by atoms with Crippen molar-refractivity contribution in [3.8, 4) is 22.8 Å². The average Bonchev–Trinajstić information content (AvgIpc) is 3.56. The number of aromatic nitrogens is 2. The number of benzene rings is 2. The number of nitrogens with one attached hydrogen (secondary N) is 1. The van der Waals surface area contributed by atoms with E-state index in [9.17, 15) is 9.90 Å². The van der Waals surface area contributed by atoms with Crippen molar-refractivity contribution in [3.63, 3.8) is 0 Å². The van der Waals surface area contributed by atoms with Gasteiger partial charge in [-0.05, 0) is 54.4 Å². The molecule has 5 rings (SSSR count). The molecule has 2 aromatic carbocycles. The van der Waals surface area contributed by atoms with Crippen molar-refractivity contribution in [2.75, 3.05) is 6.61 Å². The lowest BCUT2D eigenvalue weighted by Crippen LogP contribution is -2.29. The summed E-state index contributed by atoms with van der Waals surface area (Å²) in [5.74, 6) is 1.24. The molecule has 4 aromatic rings. The summed E-state index contributed by atoms with van der Waals surface area (Å²) < 4.78 is 11.5. The van der Waals surface area contributed by atoms with Crippen LogP contribution < -0.4 is 4.74 Å². The van der Waals surface area contributed by atoms with Gasteiger partial charge in [0.2, 0.25) is 0 Å². The predicted molar refractivity (Wildman–Crippen MR) is 128 cm³/mol. The van der Waals surface area contributed by atoms with E-state index in [1.54, 1.807) is 29.4 Å². The number of amides is 1. The van der Waals surface area contributed by atoms with E-state index >= 15 is 0 Å². The number of hydrogen-bond acceptors (Lipinski definition) is 5. The van der Waals surface area contributed by atoms with Crippen LogP contribution in [0.25, 0.3) is 11.3 Å². The normalized spacial score (nSPS) is 15.1. The van der Waals surface area contributed by atoms with Crippen molar-refractivity contribution < 1.29 is 19.1 Å². The van der Waals surface area contributed by atoms with E-state index in [1.165, 1.54) is 6.07 Å². The molecule has 0 spiro atoms. The molecule has 0 radical (unpaired) electrons. The fourth-order valence-electron chi connectivity index (χ4n) is 4.29. The molecule has 1 amide bonds. The third kappa shape index (κ3) is 4.03. The number of ether oxygens (including phenoxy) is 1. The third-order valence-electron chi connectivity index (χ3n) is 5.92. The average molecular weight is 478 g/mol. The van der Waals surface area contributed by atoms with Crippen LogP contribution >= 0.6 is 11.6 Å². The van der Waals surface area contributed by atoms with Gasteiger partial charge in [-0.15, -0.1) is 0 Å². The summed E-state index contributed by atoms with van der Waals surface area (Å²) in [4.78, 5) is 15.2. The second-order valence-corrected chi connectivity index (χ2v) is 8.65. The number of aromatic amines is 1. The highest BCUT2D eigenvalue weighted by Gasteiger charge is 2.43. The number of unbranched alkanes of at least 4 members (excludes halogenated alkanes) is 1. The standard InChI is InChI=1S/C26H24ClN3O4/c1-2-3-11-33-18-7-4-6-16(13-18)25-22-23(20-14-17(27)9-10-21(20)31)28-29-24(22)26(32)30(25)15-19-8-5-12-34-19/h4-10,12-14,25,31H,2-3,11,15H2,1H3,(H,28,29). The molecule has 1 aliphatic rings. The minimum atomic E-state index is -0.463. The number of nitrogens with zero attached hydrogens (tertiary/aromatic N) is 2. The fourth-order valence-corrected chi connectivity index (χ4v) is 4.46. The van der Waals surface area contributed by atoms with Gasteiger partial charge >= 0.3 is 0 Å². The Kier molecular flexibility index (Phi) is 6.02. The van der Waals surface area contributed by atoms with Gasteiger partial charge in [-0.25, -0.2) is 0 Å². The zero-order chi connectivity index (χ0) is 23.7. The minimum absolute atomic E-state index is 0.0334. The number of H-pyrrole nitrogens is 1. The molecule has 0 saturated carbocycles. The molecule has 34 heavy (non-hydrogen) atoms. The van der Waals surface area contributed by atoms with Crippen LogP contribution in [0.5, 0.6) is 11.5 Å². The smallest absolute Gasteiger partial charge is 0.273 e. The summed E-state index contributed by atoms with van der Waals surface area (Å²) in [6, 6.07) is 15.7. The van der Waals surface area contributed by atoms with Crippen LogP contribution in [0.3, 0.4) is 0 Å². The first kappa shape index (κ1) is 22.1. The van der Waals surface area contributed by atoms with Crippen LogP contribution in [0.4, 0.5) is 0 Å². The summed E-state index contributed by atoms with van der Waals surface area (Å²) in [5, 5.41) is 18.3. The van der Waals surface area contributed by atoms with Crippen LogP contribution in [0, 0.1) is 0 Å². The van der Waals surface area contributed by atoms with Gasteiger partial charge in [0.1, 0.15) is 28.6 Å². The molecule has 0 aliphatic carbocycles. The van der Waals surface area contributed by atoms with E-state index in [0.29, 0.717) is 39.9 Å². The van der Waals surface area contributed by atoms with Crippen LogP contribution in [0.1, 0.15) is 53.2 Å². The van der Waals surface area contributed by atoms with Crippen LogP contribution in [-0.4, -0.2) is 32.7 Å². The number of carbonyl (C=O) groups excluding carboxylic acids is 1. The first-order valence-electron chi connectivity index (χ1n) is 11.2. The van der Waals surface area contributed by atoms with Crippen molar-refractivity contribution in [2.45, 2.75) is 32.4 Å². The summed E-state index contributed by atoms with van der Waals surface area (Å²) in [6.07, 6.45) is 3.59. The van der Waals surface area contributed by atoms with Gasteiger partial charge in [-0.1, -0.05) is 37.1 Å². The maximum absolute atomic E-state index is 13.5. The van der Waals surface area contributed by atoms with Crippen molar-refractivity contribution in [2.24, 2.45) is 0 Å². The first-order valence-corrected chi connectivity index (χ1v) is 11.6. The van der Waals surface area contributed by atoms with Gasteiger partial charge < -0.3 is 19.2 Å². The van der Waals surface area contributed by atoms with E-state index < -0.39 is 6.04 Å². The molecular weight excluding hydrogens is 454 g/mol. The largest absolute Gasteiger partial charge is 0.507 e. The second kappa shape index (κ2) is 9.27. The number of rotatable bonds is 8. The summed E-state index contributed by atoms with van der Waals surface area (Å²) in [6.45, 7) is 3.02. The number of halogens is 1. The SMILES string of the molecule is CCCCOc1cccc(C2c3c(-c4cc(Cl)ccc4O)n[nH]c3C(=O)N2Cc2ccco2)c1. The highest BCUT2D eigenvalue weighted by molar-refractivity contribution is 6.31. The maximum Gasteiger partial charge on any atom is 0.273 e. The van der Waals surface area contributed by atoms with Gasteiger partial charge in [0.05, 0.1) is 25.5 Å². The Morgan fingerprint density at radius 3 is 2.88 bits per heavy atom. The molecule has 0 saturated heterocycles. The maximum atomic E-state index is 13.5. The van der Waals surface area contributed by atoms with Gasteiger partial charge in [0.25, 0.3) is 5.91 Å². The van der Waals surface area contributed by atoms with Gasteiger partial charge in [-0.3, -0.25) is 9.89 Å². The Morgan fingerprint density at radius 1 is 1.21 bits per heavy atom. The lowest BCUT2D eigenvalue weighted by atomic mass is 9.95. The Balaban J connectivity index is 1.62. The lowest BCUT2D eigenvalue weighted by molar-refractivity contribution is 0.0716. The zero-order valence-electron chi connectivity index (χ0n) is 18.6. The van der Waals surface area contributed by atoms with Crippen molar-refractivity contribution in [3.05, 3.63) is 88.5 Å². The van der Waals surface area contributed by atoms with Crippen molar-refractivity contribution in [1.29, 1.82) is 0 Å². The Hall–Kier alpha value is -3.71. The second-order valence-electron chi connectivity index (χ2n) is 8.21. The van der Waals surface area contributed by atoms with Crippen LogP contribution in [-0.2, 0) is 6.54 Å². The van der Waals surface area contributed by atoms with E-state index in [2.05, 4.69) is 17.1 Å². The first-order chi connectivity index (χ1) is 16.6. The molecular formula is C26H24ClN3O4. The molecule has 0 bridgehead atoms. The molecule has 174 valence electrons. The van der Waals surface area contributed by atoms with E-state index in [-0.39, 0.29) is 18.2 Å². The number of fused-ring (bicyclic) bond motifs is 1. The molecule has 8 heteroatoms. The number of phenols is 1. The van der Waals surface area contributed by atoms with E-state index in [1.807, 2.05) is 30.3 Å². The lowest BCUT2D eigenvalue weighted by Gasteiger charge is -2.26. The topological polar surface area (TPSA) is 91.6 Å². The highest BCUT2D eigenvalue weighted by Crippen LogP contribution is 2.46. The van der Waals surface area contributed by atoms with Gasteiger partial charge in [0.15, 0.2) is 0 Å². The molecule has 2 N–H and O–H groups in total. The summed E-state index contributed by atoms with van der Waals surface area (Å²) >= 11 is 6.22. The van der Waals surface area contributed by atoms with Crippen molar-refractivity contribution >= 4 is 17.5 Å². The predicted octanol–water partition coefficient (Wildman–Crippen LogP) is 5.95. The van der Waals surface area contributed by atoms with Gasteiger partial charge in [-0.2, -0.15) is 5.10 Å². The Bertz CT molecular complexity index is 1320.